The smallest absolute Gasteiger partial charge is 0.309 e. The van der Waals surface area contributed by atoms with Gasteiger partial charge >= 0.3 is 11.8 Å². The molecule has 10 heteroatoms. The van der Waals surface area contributed by atoms with E-state index in [0.717, 1.165) is 22.0 Å². The Balaban J connectivity index is 1.30. The molecule has 2 heterocycles. The molecule has 1 aliphatic heterocycles. The Kier molecular flexibility index (Phi) is 7.30. The molecule has 1 aromatic heterocycles. The van der Waals surface area contributed by atoms with Crippen molar-refractivity contribution in [1.29, 1.82) is 0 Å². The van der Waals surface area contributed by atoms with Crippen LogP contribution >= 0.6 is 0 Å². The molecule has 1 fully saturated rings. The summed E-state index contributed by atoms with van der Waals surface area (Å²) >= 11 is 0. The zero-order valence-electron chi connectivity index (χ0n) is 18.9. The number of nitrogens with zero attached hydrogens (tertiary/aromatic N) is 1. The van der Waals surface area contributed by atoms with Crippen molar-refractivity contribution >= 4 is 32.7 Å². The van der Waals surface area contributed by atoms with Crippen molar-refractivity contribution in [3.8, 4) is 0 Å². The number of sulfonamides is 1. The quantitative estimate of drug-likeness (QED) is 0.441. The largest absolute Gasteiger partial charge is 0.361 e. The van der Waals surface area contributed by atoms with Crippen LogP contribution < -0.4 is 10.6 Å². The summed E-state index contributed by atoms with van der Waals surface area (Å²) in [6.45, 7) is 2.69. The number of hydrogen-bond acceptors (Lipinski definition) is 5. The normalized spacial score (nSPS) is 16.9. The number of rotatable bonds is 7. The van der Waals surface area contributed by atoms with Crippen LogP contribution in [-0.4, -0.2) is 62.0 Å². The molecule has 4 rings (SSSR count). The van der Waals surface area contributed by atoms with Crippen LogP contribution in [0.15, 0.2) is 59.6 Å². The number of para-hydroxylation sites is 1. The Morgan fingerprint density at radius 2 is 1.82 bits per heavy atom. The van der Waals surface area contributed by atoms with Gasteiger partial charge in [0.05, 0.1) is 18.0 Å². The van der Waals surface area contributed by atoms with Crippen molar-refractivity contribution in [1.82, 2.24) is 19.9 Å². The number of ether oxygens (including phenoxy) is 1. The number of fused-ring (bicyclic) bond motifs is 1. The summed E-state index contributed by atoms with van der Waals surface area (Å²) in [7, 11) is -3.80. The molecule has 0 bridgehead atoms. The molecular formula is C24H28N4O5S. The molecule has 0 spiro atoms. The van der Waals surface area contributed by atoms with Crippen LogP contribution in [-0.2, 0) is 30.8 Å². The van der Waals surface area contributed by atoms with E-state index in [1.807, 2.05) is 37.4 Å². The van der Waals surface area contributed by atoms with Crippen LogP contribution in [0.3, 0.4) is 0 Å². The number of amides is 2. The Labute approximate surface area is 198 Å². The van der Waals surface area contributed by atoms with Gasteiger partial charge in [0.25, 0.3) is 0 Å². The number of nitrogens with one attached hydrogen (secondary N) is 3. The lowest BCUT2D eigenvalue weighted by molar-refractivity contribution is -0.140. The highest BCUT2D eigenvalue weighted by atomic mass is 32.2. The summed E-state index contributed by atoms with van der Waals surface area (Å²) in [5, 5.41) is 6.18. The molecular weight excluding hydrogens is 456 g/mol. The van der Waals surface area contributed by atoms with Gasteiger partial charge in [-0.2, -0.15) is 4.31 Å². The topological polar surface area (TPSA) is 121 Å². The fraction of sp³-hybridized carbons (Fsp3) is 0.333. The fourth-order valence-electron chi connectivity index (χ4n) is 3.94. The molecule has 2 amide bonds. The van der Waals surface area contributed by atoms with E-state index in [1.165, 1.54) is 4.31 Å². The Hall–Kier alpha value is -3.21. The van der Waals surface area contributed by atoms with E-state index in [1.54, 1.807) is 24.3 Å². The van der Waals surface area contributed by atoms with Crippen LogP contribution in [0.4, 0.5) is 0 Å². The fourth-order valence-corrected chi connectivity index (χ4v) is 5.50. The highest BCUT2D eigenvalue weighted by molar-refractivity contribution is 7.89. The van der Waals surface area contributed by atoms with Crippen molar-refractivity contribution in [2.24, 2.45) is 0 Å². The van der Waals surface area contributed by atoms with E-state index in [9.17, 15) is 18.0 Å². The van der Waals surface area contributed by atoms with Crippen molar-refractivity contribution < 1.29 is 22.7 Å². The molecule has 0 unspecified atom stereocenters. The van der Waals surface area contributed by atoms with E-state index < -0.39 is 28.1 Å². The van der Waals surface area contributed by atoms with Crippen LogP contribution in [0.1, 0.15) is 17.5 Å². The molecule has 0 saturated carbocycles. The summed E-state index contributed by atoms with van der Waals surface area (Å²) in [5.74, 6) is -1.61. The average Bonchev–Trinajstić information content (AvgIpc) is 3.26. The second-order valence-electron chi connectivity index (χ2n) is 8.18. The van der Waals surface area contributed by atoms with E-state index in [2.05, 4.69) is 15.6 Å². The third kappa shape index (κ3) is 5.30. The number of aryl methyl sites for hydroxylation is 1. The molecule has 2 aromatic carbocycles. The van der Waals surface area contributed by atoms with E-state index in [-0.39, 0.29) is 18.0 Å². The highest BCUT2D eigenvalue weighted by Crippen LogP contribution is 2.22. The number of carbonyl (C=O) groups excluding carboxylic acids is 2. The standard InChI is InChI=1S/C24H28N4O5S/c1-17-7-9-19(10-8-17)34(31,32)28-13-4-14-33-22(28)16-27-24(30)23(29)25-12-11-18-15-26-21-6-3-2-5-20(18)21/h2-3,5-10,15,22,26H,4,11-14,16H2,1H3,(H,25,29)(H,27,30)/t22-/m0/s1. The zero-order valence-corrected chi connectivity index (χ0v) is 19.7. The minimum atomic E-state index is -3.80. The summed E-state index contributed by atoms with van der Waals surface area (Å²) < 4.78 is 33.0. The van der Waals surface area contributed by atoms with Crippen molar-refractivity contribution in [3.05, 3.63) is 65.9 Å². The molecule has 1 saturated heterocycles. The predicted molar refractivity (Wildman–Crippen MR) is 127 cm³/mol. The number of hydrogen-bond donors (Lipinski definition) is 3. The lowest BCUT2D eigenvalue weighted by Gasteiger charge is -2.34. The first kappa shape index (κ1) is 23.9. The predicted octanol–water partition coefficient (Wildman–Crippen LogP) is 1.69. The maximum Gasteiger partial charge on any atom is 0.309 e. The summed E-state index contributed by atoms with van der Waals surface area (Å²) in [5.41, 5.74) is 3.01. The minimum Gasteiger partial charge on any atom is -0.361 e. The van der Waals surface area contributed by atoms with Gasteiger partial charge in [-0.3, -0.25) is 9.59 Å². The SMILES string of the molecule is Cc1ccc(S(=O)(=O)N2CCCO[C@H]2CNC(=O)C(=O)NCCc2c[nH]c3ccccc23)cc1. The molecule has 3 N–H and O–H groups in total. The lowest BCUT2D eigenvalue weighted by atomic mass is 10.1. The molecule has 180 valence electrons. The van der Waals surface area contributed by atoms with Crippen LogP contribution in [0.5, 0.6) is 0 Å². The first-order valence-corrected chi connectivity index (χ1v) is 12.6. The van der Waals surface area contributed by atoms with E-state index >= 15 is 0 Å². The van der Waals surface area contributed by atoms with Gasteiger partial charge in [0, 0.05) is 30.2 Å². The minimum absolute atomic E-state index is 0.125. The molecule has 34 heavy (non-hydrogen) atoms. The van der Waals surface area contributed by atoms with Crippen molar-refractivity contribution in [3.63, 3.8) is 0 Å². The summed E-state index contributed by atoms with van der Waals surface area (Å²) in [6.07, 6.45) is 2.12. The first-order chi connectivity index (χ1) is 16.4. The van der Waals surface area contributed by atoms with Gasteiger partial charge in [-0.1, -0.05) is 35.9 Å². The van der Waals surface area contributed by atoms with Crippen LogP contribution in [0.25, 0.3) is 10.9 Å². The Morgan fingerprint density at radius 1 is 1.09 bits per heavy atom. The van der Waals surface area contributed by atoms with E-state index in [4.69, 9.17) is 4.74 Å². The molecule has 3 aromatic rings. The van der Waals surface area contributed by atoms with Gasteiger partial charge in [-0.05, 0) is 43.5 Å². The second kappa shape index (κ2) is 10.4. The van der Waals surface area contributed by atoms with Gasteiger partial charge < -0.3 is 20.4 Å². The van der Waals surface area contributed by atoms with Gasteiger partial charge in [-0.15, -0.1) is 0 Å². The number of aromatic amines is 1. The molecule has 1 aliphatic rings. The molecule has 0 radical (unpaired) electrons. The van der Waals surface area contributed by atoms with Gasteiger partial charge in [0.15, 0.2) is 0 Å². The summed E-state index contributed by atoms with van der Waals surface area (Å²) in [6, 6.07) is 14.4. The summed E-state index contributed by atoms with van der Waals surface area (Å²) in [4.78, 5) is 27.9. The third-order valence-corrected chi connectivity index (χ3v) is 7.68. The average molecular weight is 485 g/mol. The number of H-pyrrole nitrogens is 1. The van der Waals surface area contributed by atoms with Gasteiger partial charge in [-0.25, -0.2) is 8.42 Å². The van der Waals surface area contributed by atoms with Crippen LogP contribution in [0, 0.1) is 6.92 Å². The second-order valence-corrected chi connectivity index (χ2v) is 10.1. The third-order valence-electron chi connectivity index (χ3n) is 5.78. The first-order valence-electron chi connectivity index (χ1n) is 11.2. The molecule has 1 atom stereocenters. The highest BCUT2D eigenvalue weighted by Gasteiger charge is 2.34. The molecule has 0 aliphatic carbocycles. The Morgan fingerprint density at radius 3 is 2.62 bits per heavy atom. The lowest BCUT2D eigenvalue weighted by Crippen LogP contribution is -2.53. The van der Waals surface area contributed by atoms with Gasteiger partial charge in [0.1, 0.15) is 6.23 Å². The number of aromatic nitrogens is 1. The zero-order chi connectivity index (χ0) is 24.1. The number of benzene rings is 2. The Bertz CT molecular complexity index is 1270. The maximum absolute atomic E-state index is 13.1. The van der Waals surface area contributed by atoms with Gasteiger partial charge in [0.2, 0.25) is 10.0 Å². The van der Waals surface area contributed by atoms with Crippen LogP contribution in [0.2, 0.25) is 0 Å². The monoisotopic (exact) mass is 484 g/mol. The van der Waals surface area contributed by atoms with Crippen molar-refractivity contribution in [2.45, 2.75) is 30.9 Å². The number of carbonyl (C=O) groups is 2. The molecule has 9 nitrogen and oxygen atoms in total. The van der Waals surface area contributed by atoms with Crippen molar-refractivity contribution in [2.75, 3.05) is 26.2 Å². The maximum atomic E-state index is 13.1. The van der Waals surface area contributed by atoms with E-state index in [0.29, 0.717) is 26.0 Å².